The Hall–Kier alpha value is -2.38. The van der Waals surface area contributed by atoms with Gasteiger partial charge in [0.25, 0.3) is 0 Å². The van der Waals surface area contributed by atoms with E-state index >= 15 is 0 Å². The number of rotatable bonds is 2. The number of aromatic nitrogens is 1. The fourth-order valence-corrected chi connectivity index (χ4v) is 6.16. The number of esters is 1. The summed E-state index contributed by atoms with van der Waals surface area (Å²) in [6, 6.07) is 8.42. The molecule has 3 unspecified atom stereocenters. The zero-order chi connectivity index (χ0) is 19.6. The zero-order valence-corrected chi connectivity index (χ0v) is 16.6. The number of hydrogen-bond donors (Lipinski definition) is 1. The quantitative estimate of drug-likeness (QED) is 0.792. The van der Waals surface area contributed by atoms with Gasteiger partial charge in [-0.05, 0) is 37.8 Å². The SMILES string of the molecule is CCOC(=O)C1=NOC23c4[nH]c5ccccc5c4CCN2CCC2OCCC23C1. The molecule has 2 spiro atoms. The molecule has 0 bridgehead atoms. The average molecular weight is 395 g/mol. The van der Waals surface area contributed by atoms with Gasteiger partial charge in [0.1, 0.15) is 0 Å². The number of fused-ring (bicyclic) bond motifs is 3. The smallest absolute Gasteiger partial charge is 0.356 e. The molecule has 152 valence electrons. The highest BCUT2D eigenvalue weighted by molar-refractivity contribution is 6.36. The fraction of sp³-hybridized carbons (Fsp3) is 0.545. The third kappa shape index (κ3) is 2.09. The van der Waals surface area contributed by atoms with Crippen LogP contribution in [0.3, 0.4) is 0 Å². The van der Waals surface area contributed by atoms with Gasteiger partial charge in [-0.1, -0.05) is 23.4 Å². The Morgan fingerprint density at radius 1 is 1.38 bits per heavy atom. The third-order valence-corrected chi connectivity index (χ3v) is 7.33. The monoisotopic (exact) mass is 395 g/mol. The maximum atomic E-state index is 12.5. The molecule has 4 aliphatic heterocycles. The van der Waals surface area contributed by atoms with Crippen molar-refractivity contribution >= 4 is 22.6 Å². The second-order valence-corrected chi connectivity index (χ2v) is 8.49. The lowest BCUT2D eigenvalue weighted by Crippen LogP contribution is -2.69. The summed E-state index contributed by atoms with van der Waals surface area (Å²) in [6.07, 6.45) is 3.30. The largest absolute Gasteiger partial charge is 0.461 e. The zero-order valence-electron chi connectivity index (χ0n) is 16.6. The van der Waals surface area contributed by atoms with Crippen LogP contribution in [0.1, 0.15) is 37.4 Å². The number of benzene rings is 1. The van der Waals surface area contributed by atoms with Gasteiger partial charge >= 0.3 is 5.97 Å². The number of aromatic amines is 1. The van der Waals surface area contributed by atoms with E-state index in [1.807, 2.05) is 6.92 Å². The lowest BCUT2D eigenvalue weighted by atomic mass is 9.61. The molecule has 1 aromatic carbocycles. The lowest BCUT2D eigenvalue weighted by molar-refractivity contribution is -0.286. The minimum Gasteiger partial charge on any atom is -0.461 e. The van der Waals surface area contributed by atoms with Gasteiger partial charge in [-0.15, -0.1) is 0 Å². The van der Waals surface area contributed by atoms with Gasteiger partial charge < -0.3 is 19.3 Å². The molecule has 1 N–H and O–H groups in total. The van der Waals surface area contributed by atoms with Crippen molar-refractivity contribution in [3.63, 3.8) is 0 Å². The first-order valence-corrected chi connectivity index (χ1v) is 10.6. The van der Waals surface area contributed by atoms with Crippen molar-refractivity contribution in [2.24, 2.45) is 10.6 Å². The first-order chi connectivity index (χ1) is 14.2. The molecule has 7 nitrogen and oxygen atoms in total. The Kier molecular flexibility index (Phi) is 3.65. The van der Waals surface area contributed by atoms with Crippen LogP contribution in [-0.2, 0) is 31.3 Å². The Morgan fingerprint density at radius 2 is 2.28 bits per heavy atom. The van der Waals surface area contributed by atoms with Crippen molar-refractivity contribution in [3.8, 4) is 0 Å². The third-order valence-electron chi connectivity index (χ3n) is 7.33. The van der Waals surface area contributed by atoms with E-state index in [0.29, 0.717) is 25.3 Å². The maximum Gasteiger partial charge on any atom is 0.356 e. The van der Waals surface area contributed by atoms with Crippen molar-refractivity contribution in [3.05, 3.63) is 35.5 Å². The van der Waals surface area contributed by atoms with Crippen LogP contribution in [-0.4, -0.2) is 54.0 Å². The second-order valence-electron chi connectivity index (χ2n) is 8.49. The normalized spacial score (nSPS) is 33.1. The predicted octanol–water partition coefficient (Wildman–Crippen LogP) is 2.70. The van der Waals surface area contributed by atoms with E-state index in [1.54, 1.807) is 0 Å². The first kappa shape index (κ1) is 17.5. The number of carbonyl (C=O) groups is 1. The molecule has 5 heterocycles. The summed E-state index contributed by atoms with van der Waals surface area (Å²) in [5, 5.41) is 5.60. The molecule has 29 heavy (non-hydrogen) atoms. The van der Waals surface area contributed by atoms with E-state index in [9.17, 15) is 4.79 Å². The summed E-state index contributed by atoms with van der Waals surface area (Å²) in [5.74, 6) is -0.382. The van der Waals surface area contributed by atoms with Crippen molar-refractivity contribution in [1.82, 2.24) is 9.88 Å². The van der Waals surface area contributed by atoms with Gasteiger partial charge in [-0.2, -0.15) is 0 Å². The van der Waals surface area contributed by atoms with E-state index in [4.69, 9.17) is 14.3 Å². The molecular formula is C22H25N3O4. The van der Waals surface area contributed by atoms with Crippen LogP contribution in [0.2, 0.25) is 0 Å². The number of nitrogens with one attached hydrogen (secondary N) is 1. The van der Waals surface area contributed by atoms with E-state index in [0.717, 1.165) is 43.6 Å². The van der Waals surface area contributed by atoms with Crippen LogP contribution in [0.5, 0.6) is 0 Å². The molecule has 0 saturated carbocycles. The van der Waals surface area contributed by atoms with E-state index in [1.165, 1.54) is 10.9 Å². The van der Waals surface area contributed by atoms with Crippen molar-refractivity contribution in [2.75, 3.05) is 26.3 Å². The van der Waals surface area contributed by atoms with E-state index in [-0.39, 0.29) is 17.5 Å². The topological polar surface area (TPSA) is 76.2 Å². The van der Waals surface area contributed by atoms with Crippen molar-refractivity contribution < 1.29 is 19.1 Å². The molecule has 2 saturated heterocycles. The Labute approximate surface area is 169 Å². The van der Waals surface area contributed by atoms with Crippen LogP contribution in [0.4, 0.5) is 0 Å². The standard InChI is InChI=1S/C22H25N3O4/c1-2-27-20(26)17-13-21-9-12-28-18(21)8-11-25-10-7-15-14-5-3-4-6-16(14)23-19(15)22(21,25)29-24-17/h3-6,18,23H,2,7-13H2,1H3. The number of para-hydroxylation sites is 1. The summed E-state index contributed by atoms with van der Waals surface area (Å²) in [5.41, 5.74) is 2.80. The summed E-state index contributed by atoms with van der Waals surface area (Å²) in [7, 11) is 0. The van der Waals surface area contributed by atoms with Crippen LogP contribution in [0.15, 0.2) is 29.4 Å². The lowest BCUT2D eigenvalue weighted by Gasteiger charge is -2.59. The second kappa shape index (κ2) is 6.06. The molecule has 2 aromatic rings. The van der Waals surface area contributed by atoms with Gasteiger partial charge in [0, 0.05) is 37.0 Å². The Balaban J connectivity index is 1.58. The van der Waals surface area contributed by atoms with Gasteiger partial charge in [-0.25, -0.2) is 4.79 Å². The summed E-state index contributed by atoms with van der Waals surface area (Å²) >= 11 is 0. The minimum absolute atomic E-state index is 0.0380. The molecule has 2 fully saturated rings. The highest BCUT2D eigenvalue weighted by Crippen LogP contribution is 2.62. The molecule has 0 radical (unpaired) electrons. The number of piperidine rings is 1. The van der Waals surface area contributed by atoms with Gasteiger partial charge in [0.2, 0.25) is 5.72 Å². The van der Waals surface area contributed by atoms with Gasteiger partial charge in [0.15, 0.2) is 5.71 Å². The summed E-state index contributed by atoms with van der Waals surface area (Å²) in [4.78, 5) is 25.0. The van der Waals surface area contributed by atoms with Crippen molar-refractivity contribution in [2.45, 2.75) is 44.4 Å². The van der Waals surface area contributed by atoms with Gasteiger partial charge in [0.05, 0.1) is 23.8 Å². The molecule has 6 rings (SSSR count). The molecule has 0 aliphatic carbocycles. The van der Waals surface area contributed by atoms with Crippen LogP contribution in [0, 0.1) is 5.41 Å². The van der Waals surface area contributed by atoms with Crippen LogP contribution >= 0.6 is 0 Å². The number of nitrogens with zero attached hydrogens (tertiary/aromatic N) is 2. The molecular weight excluding hydrogens is 370 g/mol. The van der Waals surface area contributed by atoms with Crippen LogP contribution in [0.25, 0.3) is 10.9 Å². The molecule has 0 amide bonds. The highest BCUT2D eigenvalue weighted by atomic mass is 16.7. The average Bonchev–Trinajstić information content (AvgIpc) is 3.33. The summed E-state index contributed by atoms with van der Waals surface area (Å²) < 4.78 is 11.5. The predicted molar refractivity (Wildman–Crippen MR) is 106 cm³/mol. The number of H-pyrrole nitrogens is 1. The summed E-state index contributed by atoms with van der Waals surface area (Å²) in [6.45, 7) is 4.62. The number of oxime groups is 1. The van der Waals surface area contributed by atoms with Crippen molar-refractivity contribution in [1.29, 1.82) is 0 Å². The van der Waals surface area contributed by atoms with E-state index < -0.39 is 5.72 Å². The highest BCUT2D eigenvalue weighted by Gasteiger charge is 2.71. The Bertz CT molecular complexity index is 1030. The van der Waals surface area contributed by atoms with E-state index in [2.05, 4.69) is 39.3 Å². The van der Waals surface area contributed by atoms with Gasteiger partial charge in [-0.3, -0.25) is 4.90 Å². The number of ether oxygens (including phenoxy) is 2. The minimum atomic E-state index is -0.727. The number of carbonyl (C=O) groups excluding carboxylic acids is 1. The molecule has 7 heteroatoms. The first-order valence-electron chi connectivity index (χ1n) is 10.6. The molecule has 1 aromatic heterocycles. The Morgan fingerprint density at radius 3 is 3.17 bits per heavy atom. The van der Waals surface area contributed by atoms with Crippen LogP contribution < -0.4 is 0 Å². The fourth-order valence-electron chi connectivity index (χ4n) is 6.16. The maximum absolute atomic E-state index is 12.5. The number of hydrogen-bond acceptors (Lipinski definition) is 6. The molecule has 3 atom stereocenters. The molecule has 4 aliphatic rings.